The molecule has 2 aliphatic heterocycles. The lowest BCUT2D eigenvalue weighted by Gasteiger charge is -2.31. The summed E-state index contributed by atoms with van der Waals surface area (Å²) in [6.45, 7) is 10.8. The van der Waals surface area contributed by atoms with Crippen molar-refractivity contribution in [2.75, 3.05) is 24.5 Å². The largest absolute Gasteiger partial charge is 0.444 e. The normalized spacial score (nSPS) is 21.5. The van der Waals surface area contributed by atoms with Crippen LogP contribution in [0.25, 0.3) is 0 Å². The molecule has 25 heavy (non-hydrogen) atoms. The summed E-state index contributed by atoms with van der Waals surface area (Å²) in [4.78, 5) is 21.5. The fourth-order valence-electron chi connectivity index (χ4n) is 3.86. The first kappa shape index (κ1) is 18.0. The number of pyridine rings is 1. The second kappa shape index (κ2) is 7.22. The number of aryl methyl sites for hydroxylation is 1. The standard InChI is InChI=1S/C20H31N3O2/c1-15-13-16(14-21-18(15)22-10-6-5-7-11-22)17-9-8-12-23(17)19(24)25-20(2,3)4/h13-14,17H,5-12H2,1-4H3. The summed E-state index contributed by atoms with van der Waals surface area (Å²) in [7, 11) is 0. The van der Waals surface area contributed by atoms with Crippen LogP contribution < -0.4 is 4.90 Å². The highest BCUT2D eigenvalue weighted by atomic mass is 16.6. The highest BCUT2D eigenvalue weighted by Crippen LogP contribution is 2.34. The van der Waals surface area contributed by atoms with Crippen molar-refractivity contribution in [3.8, 4) is 0 Å². The third-order valence-electron chi connectivity index (χ3n) is 4.99. The molecule has 138 valence electrons. The minimum absolute atomic E-state index is 0.0801. The molecule has 1 unspecified atom stereocenters. The van der Waals surface area contributed by atoms with Crippen LogP contribution in [0, 0.1) is 6.92 Å². The number of aromatic nitrogens is 1. The number of ether oxygens (including phenoxy) is 1. The zero-order valence-corrected chi connectivity index (χ0v) is 16.0. The number of amides is 1. The van der Waals surface area contributed by atoms with Crippen molar-refractivity contribution in [2.45, 2.75) is 71.4 Å². The molecule has 2 fully saturated rings. The molecule has 2 saturated heterocycles. The summed E-state index contributed by atoms with van der Waals surface area (Å²) in [5, 5.41) is 0. The van der Waals surface area contributed by atoms with E-state index < -0.39 is 5.60 Å². The van der Waals surface area contributed by atoms with E-state index in [0.29, 0.717) is 0 Å². The maximum absolute atomic E-state index is 12.5. The van der Waals surface area contributed by atoms with Gasteiger partial charge in [-0.2, -0.15) is 0 Å². The van der Waals surface area contributed by atoms with Crippen LogP contribution >= 0.6 is 0 Å². The smallest absolute Gasteiger partial charge is 0.410 e. The van der Waals surface area contributed by atoms with Crippen molar-refractivity contribution >= 4 is 11.9 Å². The molecule has 0 saturated carbocycles. The number of nitrogens with zero attached hydrogens (tertiary/aromatic N) is 3. The Labute approximate surface area is 151 Å². The second-order valence-corrected chi connectivity index (χ2v) is 8.29. The lowest BCUT2D eigenvalue weighted by Crippen LogP contribution is -2.36. The predicted octanol–water partition coefficient (Wildman–Crippen LogP) is 4.45. The SMILES string of the molecule is Cc1cc(C2CCCN2C(=O)OC(C)(C)C)cnc1N1CCCCC1. The van der Waals surface area contributed by atoms with E-state index >= 15 is 0 Å². The van der Waals surface area contributed by atoms with Crippen molar-refractivity contribution < 1.29 is 9.53 Å². The number of carbonyl (C=O) groups excluding carboxylic acids is 1. The van der Waals surface area contributed by atoms with Gasteiger partial charge in [0.05, 0.1) is 6.04 Å². The molecule has 0 N–H and O–H groups in total. The molecule has 1 aromatic heterocycles. The Morgan fingerprint density at radius 3 is 2.52 bits per heavy atom. The average molecular weight is 345 g/mol. The van der Waals surface area contributed by atoms with Crippen LogP contribution in [0.15, 0.2) is 12.3 Å². The number of carbonyl (C=O) groups is 1. The second-order valence-electron chi connectivity index (χ2n) is 8.29. The fourth-order valence-corrected chi connectivity index (χ4v) is 3.86. The van der Waals surface area contributed by atoms with Crippen molar-refractivity contribution in [1.29, 1.82) is 0 Å². The minimum Gasteiger partial charge on any atom is -0.444 e. The Bertz CT molecular complexity index is 618. The van der Waals surface area contributed by atoms with Gasteiger partial charge in [0.2, 0.25) is 0 Å². The number of rotatable bonds is 2. The first-order chi connectivity index (χ1) is 11.8. The lowest BCUT2D eigenvalue weighted by atomic mass is 10.0. The van der Waals surface area contributed by atoms with E-state index in [2.05, 4.69) is 17.9 Å². The quantitative estimate of drug-likeness (QED) is 0.794. The van der Waals surface area contributed by atoms with Crippen molar-refractivity contribution in [1.82, 2.24) is 9.88 Å². The van der Waals surface area contributed by atoms with E-state index in [1.165, 1.54) is 24.8 Å². The van der Waals surface area contributed by atoms with Gasteiger partial charge < -0.3 is 14.5 Å². The highest BCUT2D eigenvalue weighted by Gasteiger charge is 2.33. The van der Waals surface area contributed by atoms with Gasteiger partial charge in [0.1, 0.15) is 11.4 Å². The molecule has 2 aliphatic rings. The zero-order chi connectivity index (χ0) is 18.0. The van der Waals surface area contributed by atoms with Gasteiger partial charge >= 0.3 is 6.09 Å². The summed E-state index contributed by atoms with van der Waals surface area (Å²) in [5.74, 6) is 1.10. The number of piperidine rings is 1. The topological polar surface area (TPSA) is 45.7 Å². The molecular weight excluding hydrogens is 314 g/mol. The first-order valence-corrected chi connectivity index (χ1v) is 9.56. The van der Waals surface area contributed by atoms with Gasteiger partial charge in [-0.05, 0) is 77.0 Å². The predicted molar refractivity (Wildman–Crippen MR) is 100.0 cm³/mol. The Morgan fingerprint density at radius 1 is 1.16 bits per heavy atom. The number of likely N-dealkylation sites (tertiary alicyclic amines) is 1. The molecule has 5 heteroatoms. The van der Waals surface area contributed by atoms with Gasteiger partial charge in [0.15, 0.2) is 0 Å². The Hall–Kier alpha value is -1.78. The molecular formula is C20H31N3O2. The molecule has 1 aromatic rings. The number of anilines is 1. The summed E-state index contributed by atoms with van der Waals surface area (Å²) < 4.78 is 5.58. The molecule has 0 spiro atoms. The van der Waals surface area contributed by atoms with Gasteiger partial charge in [-0.25, -0.2) is 9.78 Å². The molecule has 1 atom stereocenters. The average Bonchev–Trinajstić information content (AvgIpc) is 3.04. The third kappa shape index (κ3) is 4.25. The van der Waals surface area contributed by atoms with Crippen LogP contribution in [0.4, 0.5) is 10.6 Å². The maximum atomic E-state index is 12.5. The third-order valence-corrected chi connectivity index (χ3v) is 4.99. The minimum atomic E-state index is -0.462. The molecule has 0 bridgehead atoms. The zero-order valence-electron chi connectivity index (χ0n) is 16.0. The van der Waals surface area contributed by atoms with Gasteiger partial charge in [-0.15, -0.1) is 0 Å². The van der Waals surface area contributed by atoms with Crippen LogP contribution in [-0.2, 0) is 4.74 Å². The number of hydrogen-bond donors (Lipinski definition) is 0. The fraction of sp³-hybridized carbons (Fsp3) is 0.700. The van der Waals surface area contributed by atoms with Crippen LogP contribution in [0.1, 0.15) is 70.0 Å². The van der Waals surface area contributed by atoms with Crippen molar-refractivity contribution in [3.63, 3.8) is 0 Å². The van der Waals surface area contributed by atoms with Crippen LogP contribution in [-0.4, -0.2) is 41.2 Å². The monoisotopic (exact) mass is 345 g/mol. The van der Waals surface area contributed by atoms with Crippen LogP contribution in [0.2, 0.25) is 0 Å². The molecule has 0 aromatic carbocycles. The summed E-state index contributed by atoms with van der Waals surface area (Å²) >= 11 is 0. The van der Waals surface area contributed by atoms with Crippen LogP contribution in [0.5, 0.6) is 0 Å². The highest BCUT2D eigenvalue weighted by molar-refractivity contribution is 5.69. The van der Waals surface area contributed by atoms with E-state index in [1.54, 1.807) is 0 Å². The maximum Gasteiger partial charge on any atom is 0.410 e. The molecule has 3 heterocycles. The van der Waals surface area contributed by atoms with E-state index in [9.17, 15) is 4.79 Å². The molecule has 3 rings (SSSR count). The Morgan fingerprint density at radius 2 is 1.88 bits per heavy atom. The molecule has 1 amide bonds. The van der Waals surface area contributed by atoms with E-state index in [1.807, 2.05) is 31.9 Å². The van der Waals surface area contributed by atoms with E-state index in [-0.39, 0.29) is 12.1 Å². The Kier molecular flexibility index (Phi) is 5.21. The summed E-state index contributed by atoms with van der Waals surface area (Å²) in [6, 6.07) is 2.29. The first-order valence-electron chi connectivity index (χ1n) is 9.56. The van der Waals surface area contributed by atoms with Gasteiger partial charge in [0.25, 0.3) is 0 Å². The Balaban J connectivity index is 1.76. The summed E-state index contributed by atoms with van der Waals surface area (Å²) in [5.41, 5.74) is 1.87. The molecule has 5 nitrogen and oxygen atoms in total. The molecule has 0 aliphatic carbocycles. The van der Waals surface area contributed by atoms with Crippen molar-refractivity contribution in [3.05, 3.63) is 23.4 Å². The summed E-state index contributed by atoms with van der Waals surface area (Å²) in [6.07, 6.45) is 7.55. The van der Waals surface area contributed by atoms with Gasteiger partial charge in [-0.1, -0.05) is 0 Å². The van der Waals surface area contributed by atoms with E-state index in [4.69, 9.17) is 9.72 Å². The van der Waals surface area contributed by atoms with Gasteiger partial charge in [-0.3, -0.25) is 0 Å². The molecule has 0 radical (unpaired) electrons. The van der Waals surface area contributed by atoms with E-state index in [0.717, 1.165) is 43.9 Å². The lowest BCUT2D eigenvalue weighted by molar-refractivity contribution is 0.0224. The number of hydrogen-bond acceptors (Lipinski definition) is 4. The van der Waals surface area contributed by atoms with Crippen molar-refractivity contribution in [2.24, 2.45) is 0 Å². The van der Waals surface area contributed by atoms with Crippen LogP contribution in [0.3, 0.4) is 0 Å². The van der Waals surface area contributed by atoms with Gasteiger partial charge in [0, 0.05) is 25.8 Å².